The number of ether oxygens (including phenoxy) is 1. The number of amides is 1. The lowest BCUT2D eigenvalue weighted by molar-refractivity contribution is -0.115. The van der Waals surface area contributed by atoms with Gasteiger partial charge in [-0.2, -0.15) is 0 Å². The average molecular weight is 315 g/mol. The number of anilines is 1. The molecular weight excluding hydrogens is 298 g/mol. The highest BCUT2D eigenvalue weighted by molar-refractivity contribution is 7.13. The standard InChI is InChI=1S/C16H17N3O2S/c1-21-8-7-19-11-12(13-4-2-3-5-14(13)19)10-15(20)18-16-17-6-9-22-16/h2-6,9,11H,7-8,10H2,1H3,(H,17,18,20). The number of thiazole rings is 1. The Morgan fingerprint density at radius 3 is 3.05 bits per heavy atom. The third kappa shape index (κ3) is 3.18. The number of carbonyl (C=O) groups is 1. The summed E-state index contributed by atoms with van der Waals surface area (Å²) in [5, 5.41) is 6.40. The van der Waals surface area contributed by atoms with Crippen molar-refractivity contribution in [2.24, 2.45) is 0 Å². The Morgan fingerprint density at radius 1 is 1.41 bits per heavy atom. The van der Waals surface area contributed by atoms with E-state index in [1.54, 1.807) is 13.3 Å². The summed E-state index contributed by atoms with van der Waals surface area (Å²) in [4.78, 5) is 16.2. The van der Waals surface area contributed by atoms with Crippen molar-refractivity contribution < 1.29 is 9.53 Å². The summed E-state index contributed by atoms with van der Waals surface area (Å²) in [7, 11) is 1.69. The normalized spacial score (nSPS) is 11.0. The molecule has 2 heterocycles. The highest BCUT2D eigenvalue weighted by Crippen LogP contribution is 2.22. The zero-order valence-corrected chi connectivity index (χ0v) is 13.1. The predicted octanol–water partition coefficient (Wildman–Crippen LogP) is 2.93. The minimum absolute atomic E-state index is 0.0513. The van der Waals surface area contributed by atoms with Gasteiger partial charge in [0.15, 0.2) is 5.13 Å². The largest absolute Gasteiger partial charge is 0.383 e. The van der Waals surface area contributed by atoms with Crippen molar-refractivity contribution in [1.29, 1.82) is 0 Å². The molecule has 1 amide bonds. The third-order valence-electron chi connectivity index (χ3n) is 3.44. The molecule has 114 valence electrons. The molecular formula is C16H17N3O2S. The van der Waals surface area contributed by atoms with Crippen LogP contribution in [0.2, 0.25) is 0 Å². The maximum absolute atomic E-state index is 12.2. The zero-order valence-electron chi connectivity index (χ0n) is 12.3. The first-order chi connectivity index (χ1) is 10.8. The number of nitrogens with zero attached hydrogens (tertiary/aromatic N) is 2. The lowest BCUT2D eigenvalue weighted by Crippen LogP contribution is -2.14. The van der Waals surface area contributed by atoms with Crippen LogP contribution in [-0.2, 0) is 22.5 Å². The van der Waals surface area contributed by atoms with E-state index in [2.05, 4.69) is 20.9 Å². The van der Waals surface area contributed by atoms with E-state index < -0.39 is 0 Å². The number of rotatable bonds is 6. The lowest BCUT2D eigenvalue weighted by atomic mass is 10.1. The highest BCUT2D eigenvalue weighted by Gasteiger charge is 2.12. The minimum atomic E-state index is -0.0513. The van der Waals surface area contributed by atoms with E-state index in [1.165, 1.54) is 11.3 Å². The van der Waals surface area contributed by atoms with Gasteiger partial charge in [0.25, 0.3) is 0 Å². The van der Waals surface area contributed by atoms with Crippen LogP contribution < -0.4 is 5.32 Å². The van der Waals surface area contributed by atoms with Crippen molar-refractivity contribution in [3.05, 3.63) is 47.6 Å². The Bertz CT molecular complexity index is 765. The summed E-state index contributed by atoms with van der Waals surface area (Å²) in [6.45, 7) is 1.41. The van der Waals surface area contributed by atoms with Crippen LogP contribution in [0, 0.1) is 0 Å². The molecule has 1 N–H and O–H groups in total. The number of methoxy groups -OCH3 is 1. The second-order valence-electron chi connectivity index (χ2n) is 4.92. The fourth-order valence-electron chi connectivity index (χ4n) is 2.46. The number of fused-ring (bicyclic) bond motifs is 1. The van der Waals surface area contributed by atoms with E-state index in [1.807, 2.05) is 29.8 Å². The molecule has 0 atom stereocenters. The fraction of sp³-hybridized carbons (Fsp3) is 0.250. The summed E-state index contributed by atoms with van der Waals surface area (Å²) in [6.07, 6.45) is 4.04. The number of hydrogen-bond acceptors (Lipinski definition) is 4. The Labute approximate surface area is 132 Å². The first kappa shape index (κ1) is 14.7. The van der Waals surface area contributed by atoms with Gasteiger partial charge in [-0.25, -0.2) is 4.98 Å². The van der Waals surface area contributed by atoms with E-state index in [4.69, 9.17) is 4.74 Å². The van der Waals surface area contributed by atoms with Crippen molar-refractivity contribution in [1.82, 2.24) is 9.55 Å². The molecule has 2 aromatic heterocycles. The molecule has 5 nitrogen and oxygen atoms in total. The van der Waals surface area contributed by atoms with Crippen LogP contribution in [-0.4, -0.2) is 29.2 Å². The summed E-state index contributed by atoms with van der Waals surface area (Å²) in [5.41, 5.74) is 2.14. The van der Waals surface area contributed by atoms with Crippen molar-refractivity contribution >= 4 is 33.3 Å². The van der Waals surface area contributed by atoms with Crippen LogP contribution in [0.5, 0.6) is 0 Å². The van der Waals surface area contributed by atoms with E-state index in [-0.39, 0.29) is 5.91 Å². The predicted molar refractivity (Wildman–Crippen MR) is 88.3 cm³/mol. The second-order valence-corrected chi connectivity index (χ2v) is 5.81. The Hall–Kier alpha value is -2.18. The number of benzene rings is 1. The second kappa shape index (κ2) is 6.72. The van der Waals surface area contributed by atoms with Crippen LogP contribution in [0.4, 0.5) is 5.13 Å². The molecule has 6 heteroatoms. The van der Waals surface area contributed by atoms with Crippen LogP contribution in [0.3, 0.4) is 0 Å². The van der Waals surface area contributed by atoms with Gasteiger partial charge < -0.3 is 14.6 Å². The molecule has 0 bridgehead atoms. The first-order valence-corrected chi connectivity index (χ1v) is 7.91. The fourth-order valence-corrected chi connectivity index (χ4v) is 3.01. The van der Waals surface area contributed by atoms with Crippen LogP contribution in [0.25, 0.3) is 10.9 Å². The van der Waals surface area contributed by atoms with Crippen LogP contribution >= 0.6 is 11.3 Å². The topological polar surface area (TPSA) is 56.1 Å². The molecule has 3 rings (SSSR count). The monoisotopic (exact) mass is 315 g/mol. The Kier molecular flexibility index (Phi) is 4.50. The zero-order chi connectivity index (χ0) is 15.4. The number of aromatic nitrogens is 2. The average Bonchev–Trinajstić information content (AvgIpc) is 3.14. The van der Waals surface area contributed by atoms with E-state index >= 15 is 0 Å². The molecule has 0 aliphatic heterocycles. The number of carbonyl (C=O) groups excluding carboxylic acids is 1. The molecule has 0 unspecified atom stereocenters. The van der Waals surface area contributed by atoms with Crippen molar-refractivity contribution in [3.63, 3.8) is 0 Å². The molecule has 1 aromatic carbocycles. The number of hydrogen-bond donors (Lipinski definition) is 1. The van der Waals surface area contributed by atoms with Gasteiger partial charge in [0, 0.05) is 42.3 Å². The van der Waals surface area contributed by atoms with Gasteiger partial charge in [-0.05, 0) is 11.6 Å². The van der Waals surface area contributed by atoms with Crippen LogP contribution in [0.1, 0.15) is 5.56 Å². The molecule has 22 heavy (non-hydrogen) atoms. The molecule has 0 aliphatic rings. The highest BCUT2D eigenvalue weighted by atomic mass is 32.1. The van der Waals surface area contributed by atoms with E-state index in [0.717, 1.165) is 23.0 Å². The quantitative estimate of drug-likeness (QED) is 0.761. The van der Waals surface area contributed by atoms with Gasteiger partial charge in [-0.1, -0.05) is 18.2 Å². The first-order valence-electron chi connectivity index (χ1n) is 7.03. The maximum atomic E-state index is 12.2. The smallest absolute Gasteiger partial charge is 0.230 e. The summed E-state index contributed by atoms with van der Waals surface area (Å²) >= 11 is 1.42. The van der Waals surface area contributed by atoms with Gasteiger partial charge in [0.2, 0.25) is 5.91 Å². The van der Waals surface area contributed by atoms with Gasteiger partial charge >= 0.3 is 0 Å². The molecule has 0 saturated carbocycles. The van der Waals surface area contributed by atoms with Crippen LogP contribution in [0.15, 0.2) is 42.0 Å². The summed E-state index contributed by atoms with van der Waals surface area (Å²) in [5.74, 6) is -0.0513. The van der Waals surface area contributed by atoms with Gasteiger partial charge in [0.05, 0.1) is 13.0 Å². The van der Waals surface area contributed by atoms with E-state index in [9.17, 15) is 4.79 Å². The van der Waals surface area contributed by atoms with Crippen molar-refractivity contribution in [2.45, 2.75) is 13.0 Å². The van der Waals surface area contributed by atoms with Gasteiger partial charge in [-0.15, -0.1) is 11.3 Å². The molecule has 3 aromatic rings. The Balaban J connectivity index is 1.82. The summed E-state index contributed by atoms with van der Waals surface area (Å²) < 4.78 is 7.28. The SMILES string of the molecule is COCCn1cc(CC(=O)Nc2nccs2)c2ccccc21. The summed E-state index contributed by atoms with van der Waals surface area (Å²) in [6, 6.07) is 8.11. The number of para-hydroxylation sites is 1. The molecule has 0 spiro atoms. The molecule has 0 fully saturated rings. The van der Waals surface area contributed by atoms with Crippen molar-refractivity contribution in [3.8, 4) is 0 Å². The number of nitrogens with one attached hydrogen (secondary N) is 1. The third-order valence-corrected chi connectivity index (χ3v) is 4.13. The van der Waals surface area contributed by atoms with Gasteiger partial charge in [-0.3, -0.25) is 4.79 Å². The van der Waals surface area contributed by atoms with Crippen molar-refractivity contribution in [2.75, 3.05) is 19.0 Å². The molecule has 0 aliphatic carbocycles. The van der Waals surface area contributed by atoms with E-state index in [0.29, 0.717) is 18.2 Å². The molecule has 0 saturated heterocycles. The lowest BCUT2D eigenvalue weighted by Gasteiger charge is -2.03. The molecule has 0 radical (unpaired) electrons. The van der Waals surface area contributed by atoms with Gasteiger partial charge in [0.1, 0.15) is 0 Å². The minimum Gasteiger partial charge on any atom is -0.383 e. The Morgan fingerprint density at radius 2 is 2.27 bits per heavy atom. The maximum Gasteiger partial charge on any atom is 0.230 e.